The van der Waals surface area contributed by atoms with Crippen LogP contribution in [-0.2, 0) is 11.2 Å². The Morgan fingerprint density at radius 3 is 2.74 bits per heavy atom. The Bertz CT molecular complexity index is 593. The van der Waals surface area contributed by atoms with Crippen molar-refractivity contribution in [2.24, 2.45) is 4.99 Å². The topological polar surface area (TPSA) is 34.5 Å². The van der Waals surface area contributed by atoms with E-state index in [4.69, 9.17) is 4.74 Å². The van der Waals surface area contributed by atoms with Crippen molar-refractivity contribution in [3.05, 3.63) is 65.5 Å². The molecule has 3 nitrogen and oxygen atoms in total. The summed E-state index contributed by atoms with van der Waals surface area (Å²) in [5.41, 5.74) is 3.10. The van der Waals surface area contributed by atoms with E-state index in [0.717, 1.165) is 17.8 Å². The van der Waals surface area contributed by atoms with Crippen LogP contribution >= 0.6 is 0 Å². The number of ether oxygens (including phenoxy) is 1. The smallest absolute Gasteiger partial charge is 0.235 e. The second-order valence-electron chi connectivity index (χ2n) is 4.75. The molecule has 3 rings (SSSR count). The molecule has 1 aromatic carbocycles. The van der Waals surface area contributed by atoms with Crippen LogP contribution in [0.5, 0.6) is 0 Å². The average molecular weight is 252 g/mol. The Hall–Kier alpha value is -2.16. The second-order valence-corrected chi connectivity index (χ2v) is 4.75. The Morgan fingerprint density at radius 2 is 1.95 bits per heavy atom. The van der Waals surface area contributed by atoms with Gasteiger partial charge in [0.05, 0.1) is 6.04 Å². The van der Waals surface area contributed by atoms with Crippen LogP contribution in [-0.4, -0.2) is 23.5 Å². The number of hydrogen-bond acceptors (Lipinski definition) is 3. The molecule has 2 aromatic rings. The summed E-state index contributed by atoms with van der Waals surface area (Å²) in [7, 11) is 0. The summed E-state index contributed by atoms with van der Waals surface area (Å²) < 4.78 is 5.67. The molecular weight excluding hydrogens is 236 g/mol. The highest BCUT2D eigenvalue weighted by Crippen LogP contribution is 2.15. The van der Waals surface area contributed by atoms with Crippen LogP contribution in [0.15, 0.2) is 53.5 Å². The minimum atomic E-state index is 0.194. The number of nitrogens with zero attached hydrogens (tertiary/aromatic N) is 2. The Labute approximate surface area is 113 Å². The first kappa shape index (κ1) is 11.9. The zero-order chi connectivity index (χ0) is 13.1. The van der Waals surface area contributed by atoms with Crippen molar-refractivity contribution >= 4 is 5.90 Å². The Balaban J connectivity index is 1.74. The maximum absolute atomic E-state index is 5.67. The Kier molecular flexibility index (Phi) is 3.27. The number of aliphatic imine (C=N–C) groups is 1. The molecule has 3 heteroatoms. The molecule has 0 radical (unpaired) electrons. The second kappa shape index (κ2) is 5.22. The first-order valence-corrected chi connectivity index (χ1v) is 6.50. The van der Waals surface area contributed by atoms with Gasteiger partial charge in [-0.05, 0) is 31.0 Å². The molecule has 0 spiro atoms. The van der Waals surface area contributed by atoms with Crippen LogP contribution in [0.25, 0.3) is 0 Å². The molecule has 0 aliphatic carbocycles. The Morgan fingerprint density at radius 1 is 1.11 bits per heavy atom. The van der Waals surface area contributed by atoms with Gasteiger partial charge in [-0.2, -0.15) is 0 Å². The largest absolute Gasteiger partial charge is 0.474 e. The first-order valence-electron chi connectivity index (χ1n) is 6.50. The van der Waals surface area contributed by atoms with Crippen LogP contribution < -0.4 is 0 Å². The summed E-state index contributed by atoms with van der Waals surface area (Å²) >= 11 is 0. The molecule has 1 atom stereocenters. The quantitative estimate of drug-likeness (QED) is 0.841. The molecule has 0 bridgehead atoms. The van der Waals surface area contributed by atoms with Gasteiger partial charge in [0.1, 0.15) is 12.3 Å². The van der Waals surface area contributed by atoms with E-state index in [1.54, 1.807) is 0 Å². The third kappa shape index (κ3) is 2.81. The molecule has 96 valence electrons. The number of pyridine rings is 1. The summed E-state index contributed by atoms with van der Waals surface area (Å²) in [6.45, 7) is 2.61. The lowest BCUT2D eigenvalue weighted by Gasteiger charge is -2.03. The highest BCUT2D eigenvalue weighted by atomic mass is 16.5. The molecule has 1 aliphatic heterocycles. The molecule has 0 N–H and O–H groups in total. The van der Waals surface area contributed by atoms with Gasteiger partial charge in [-0.25, -0.2) is 9.98 Å². The van der Waals surface area contributed by atoms with E-state index in [9.17, 15) is 0 Å². The normalized spacial score (nSPS) is 17.9. The van der Waals surface area contributed by atoms with Crippen LogP contribution in [0.2, 0.25) is 0 Å². The fraction of sp³-hybridized carbons (Fsp3) is 0.250. The summed E-state index contributed by atoms with van der Waals surface area (Å²) in [5.74, 6) is 0.671. The summed E-state index contributed by atoms with van der Waals surface area (Å²) in [4.78, 5) is 9.07. The van der Waals surface area contributed by atoms with Gasteiger partial charge in [-0.3, -0.25) is 0 Å². The standard InChI is InChI=1S/C16H16N2O/c1-12-6-5-9-15(17-12)16-18-14(11-19-16)10-13-7-3-2-4-8-13/h2-9,14H,10-11H2,1H3/t14-/m0/s1. The summed E-state index contributed by atoms with van der Waals surface area (Å²) in [6.07, 6.45) is 0.913. The predicted octanol–water partition coefficient (Wildman–Crippen LogP) is 2.78. The van der Waals surface area contributed by atoms with Crippen molar-refractivity contribution in [1.29, 1.82) is 0 Å². The van der Waals surface area contributed by atoms with Gasteiger partial charge < -0.3 is 4.74 Å². The lowest BCUT2D eigenvalue weighted by Crippen LogP contribution is -2.09. The zero-order valence-electron chi connectivity index (χ0n) is 10.9. The van der Waals surface area contributed by atoms with Gasteiger partial charge in [-0.15, -0.1) is 0 Å². The van der Waals surface area contributed by atoms with Crippen LogP contribution in [0.3, 0.4) is 0 Å². The SMILES string of the molecule is Cc1cccc(C2=N[C@@H](Cc3ccccc3)CO2)n1. The molecule has 0 unspecified atom stereocenters. The molecule has 0 saturated heterocycles. The van der Waals surface area contributed by atoms with E-state index < -0.39 is 0 Å². The lowest BCUT2D eigenvalue weighted by atomic mass is 10.1. The van der Waals surface area contributed by atoms with Gasteiger partial charge >= 0.3 is 0 Å². The maximum Gasteiger partial charge on any atom is 0.235 e. The van der Waals surface area contributed by atoms with E-state index in [1.807, 2.05) is 31.2 Å². The molecule has 2 heterocycles. The van der Waals surface area contributed by atoms with E-state index in [2.05, 4.69) is 34.2 Å². The number of hydrogen-bond donors (Lipinski definition) is 0. The molecule has 0 saturated carbocycles. The molecule has 19 heavy (non-hydrogen) atoms. The van der Waals surface area contributed by atoms with Crippen molar-refractivity contribution in [3.8, 4) is 0 Å². The number of aromatic nitrogens is 1. The third-order valence-electron chi connectivity index (χ3n) is 3.13. The zero-order valence-corrected chi connectivity index (χ0v) is 10.9. The minimum Gasteiger partial charge on any atom is -0.474 e. The maximum atomic E-state index is 5.67. The van der Waals surface area contributed by atoms with Crippen LogP contribution in [0.1, 0.15) is 17.0 Å². The third-order valence-corrected chi connectivity index (χ3v) is 3.13. The van der Waals surface area contributed by atoms with Gasteiger partial charge in [0.25, 0.3) is 0 Å². The average Bonchev–Trinajstić information content (AvgIpc) is 2.88. The fourth-order valence-corrected chi connectivity index (χ4v) is 2.21. The summed E-state index contributed by atoms with van der Waals surface area (Å²) in [5, 5.41) is 0. The van der Waals surface area contributed by atoms with E-state index >= 15 is 0 Å². The fourth-order valence-electron chi connectivity index (χ4n) is 2.21. The molecular formula is C16H16N2O. The number of rotatable bonds is 3. The highest BCUT2D eigenvalue weighted by molar-refractivity contribution is 5.93. The van der Waals surface area contributed by atoms with Crippen LogP contribution in [0, 0.1) is 6.92 Å². The molecule has 0 amide bonds. The van der Waals surface area contributed by atoms with E-state index in [1.165, 1.54) is 5.56 Å². The predicted molar refractivity (Wildman–Crippen MR) is 75.4 cm³/mol. The van der Waals surface area contributed by atoms with E-state index in [-0.39, 0.29) is 6.04 Å². The molecule has 1 aliphatic rings. The van der Waals surface area contributed by atoms with Crippen molar-refractivity contribution in [2.45, 2.75) is 19.4 Å². The molecule has 0 fully saturated rings. The van der Waals surface area contributed by atoms with Crippen molar-refractivity contribution in [2.75, 3.05) is 6.61 Å². The van der Waals surface area contributed by atoms with Gasteiger partial charge in [0.15, 0.2) is 0 Å². The van der Waals surface area contributed by atoms with Crippen molar-refractivity contribution < 1.29 is 4.74 Å². The number of aryl methyl sites for hydroxylation is 1. The number of benzene rings is 1. The van der Waals surface area contributed by atoms with Crippen molar-refractivity contribution in [1.82, 2.24) is 4.98 Å². The van der Waals surface area contributed by atoms with Crippen molar-refractivity contribution in [3.63, 3.8) is 0 Å². The summed E-state index contributed by atoms with van der Waals surface area (Å²) in [6, 6.07) is 16.5. The van der Waals surface area contributed by atoms with Gasteiger partial charge in [-0.1, -0.05) is 36.4 Å². The van der Waals surface area contributed by atoms with Gasteiger partial charge in [0.2, 0.25) is 5.90 Å². The molecule has 1 aromatic heterocycles. The lowest BCUT2D eigenvalue weighted by molar-refractivity contribution is 0.316. The highest BCUT2D eigenvalue weighted by Gasteiger charge is 2.21. The first-order chi connectivity index (χ1) is 9.31. The van der Waals surface area contributed by atoms with Crippen LogP contribution in [0.4, 0.5) is 0 Å². The van der Waals surface area contributed by atoms with Gasteiger partial charge in [0, 0.05) is 5.69 Å². The van der Waals surface area contributed by atoms with E-state index in [0.29, 0.717) is 12.5 Å². The minimum absolute atomic E-state index is 0.194. The monoisotopic (exact) mass is 252 g/mol.